The quantitative estimate of drug-likeness (QED) is 0.758. The van der Waals surface area contributed by atoms with Crippen LogP contribution in [0, 0.1) is 6.92 Å². The molecule has 0 atom stereocenters. The molecular weight excluding hydrogens is 233 g/mol. The van der Waals surface area contributed by atoms with Crippen LogP contribution in [0.2, 0.25) is 10.3 Å². The van der Waals surface area contributed by atoms with E-state index in [1.807, 2.05) is 23.8 Å². The smallest absolute Gasteiger partial charge is 0.135 e. The number of nitrogens with zero attached hydrogens (tertiary/aromatic N) is 3. The highest BCUT2D eigenvalue weighted by Crippen LogP contribution is 2.17. The van der Waals surface area contributed by atoms with Gasteiger partial charge < -0.3 is 4.57 Å². The normalized spacial score (nSPS) is 10.6. The molecule has 0 saturated carbocycles. The second-order valence-electron chi connectivity index (χ2n) is 3.19. The molecule has 2 rings (SSSR count). The predicted molar refractivity (Wildman–Crippen MR) is 60.3 cm³/mol. The third kappa shape index (κ3) is 2.30. The minimum atomic E-state index is 0.408. The molecule has 0 aliphatic carbocycles. The first-order valence-corrected chi connectivity index (χ1v) is 5.21. The van der Waals surface area contributed by atoms with E-state index >= 15 is 0 Å². The highest BCUT2D eigenvalue weighted by Gasteiger charge is 2.04. The molecule has 78 valence electrons. The van der Waals surface area contributed by atoms with Crippen molar-refractivity contribution in [3.8, 4) is 0 Å². The van der Waals surface area contributed by atoms with Gasteiger partial charge in [0.15, 0.2) is 0 Å². The molecule has 2 aromatic heterocycles. The molecule has 0 fully saturated rings. The summed E-state index contributed by atoms with van der Waals surface area (Å²) in [4.78, 5) is 8.11. The van der Waals surface area contributed by atoms with Gasteiger partial charge in [-0.2, -0.15) is 0 Å². The summed E-state index contributed by atoms with van der Waals surface area (Å²) in [7, 11) is 0. The highest BCUT2D eigenvalue weighted by molar-refractivity contribution is 6.32. The van der Waals surface area contributed by atoms with Crippen molar-refractivity contribution < 1.29 is 0 Å². The molecule has 2 heterocycles. The molecule has 0 aromatic carbocycles. The molecule has 0 radical (unpaired) electrons. The van der Waals surface area contributed by atoms with Gasteiger partial charge >= 0.3 is 0 Å². The average Bonchev–Trinajstić information content (AvgIpc) is 2.57. The summed E-state index contributed by atoms with van der Waals surface area (Å²) in [5.74, 6) is 0.945. The van der Waals surface area contributed by atoms with Gasteiger partial charge in [0.25, 0.3) is 0 Å². The van der Waals surface area contributed by atoms with E-state index in [-0.39, 0.29) is 0 Å². The molecule has 0 aliphatic rings. The number of aromatic nitrogens is 3. The fourth-order valence-electron chi connectivity index (χ4n) is 1.31. The fourth-order valence-corrected chi connectivity index (χ4v) is 1.72. The van der Waals surface area contributed by atoms with Gasteiger partial charge in [-0.25, -0.2) is 9.97 Å². The Bertz CT molecular complexity index is 479. The van der Waals surface area contributed by atoms with Gasteiger partial charge in [0.1, 0.15) is 16.1 Å². The van der Waals surface area contributed by atoms with E-state index < -0.39 is 0 Å². The number of aryl methyl sites for hydroxylation is 1. The SMILES string of the molecule is Cc1nccn1Cc1ccc(Cl)nc1Cl. The Kier molecular flexibility index (Phi) is 2.93. The van der Waals surface area contributed by atoms with Crippen molar-refractivity contribution in [2.24, 2.45) is 0 Å². The predicted octanol–water partition coefficient (Wildman–Crippen LogP) is 2.94. The van der Waals surface area contributed by atoms with Crippen LogP contribution in [0.5, 0.6) is 0 Å². The zero-order chi connectivity index (χ0) is 10.8. The van der Waals surface area contributed by atoms with E-state index in [0.717, 1.165) is 11.4 Å². The maximum absolute atomic E-state index is 5.97. The second-order valence-corrected chi connectivity index (χ2v) is 3.93. The van der Waals surface area contributed by atoms with Crippen LogP contribution >= 0.6 is 23.2 Å². The van der Waals surface area contributed by atoms with Crippen molar-refractivity contribution in [3.63, 3.8) is 0 Å². The van der Waals surface area contributed by atoms with Crippen LogP contribution in [-0.4, -0.2) is 14.5 Å². The first kappa shape index (κ1) is 10.5. The molecule has 3 nitrogen and oxygen atoms in total. The Balaban J connectivity index is 2.29. The van der Waals surface area contributed by atoms with Crippen molar-refractivity contribution in [2.75, 3.05) is 0 Å². The van der Waals surface area contributed by atoms with Crippen LogP contribution < -0.4 is 0 Å². The minimum Gasteiger partial charge on any atom is -0.331 e. The lowest BCUT2D eigenvalue weighted by atomic mass is 10.3. The van der Waals surface area contributed by atoms with E-state index in [0.29, 0.717) is 16.9 Å². The third-order valence-corrected chi connectivity index (χ3v) is 2.69. The van der Waals surface area contributed by atoms with Crippen LogP contribution in [0.15, 0.2) is 24.5 Å². The lowest BCUT2D eigenvalue weighted by Crippen LogP contribution is -2.02. The lowest BCUT2D eigenvalue weighted by molar-refractivity contribution is 0.759. The first-order chi connectivity index (χ1) is 7.16. The lowest BCUT2D eigenvalue weighted by Gasteiger charge is -2.06. The van der Waals surface area contributed by atoms with Crippen molar-refractivity contribution in [3.05, 3.63) is 46.2 Å². The van der Waals surface area contributed by atoms with Crippen LogP contribution in [0.3, 0.4) is 0 Å². The van der Waals surface area contributed by atoms with E-state index in [1.165, 1.54) is 0 Å². The fraction of sp³-hybridized carbons (Fsp3) is 0.200. The van der Waals surface area contributed by atoms with E-state index in [4.69, 9.17) is 23.2 Å². The average molecular weight is 242 g/mol. The zero-order valence-electron chi connectivity index (χ0n) is 8.11. The molecule has 0 spiro atoms. The van der Waals surface area contributed by atoms with Gasteiger partial charge in [0.2, 0.25) is 0 Å². The summed E-state index contributed by atoms with van der Waals surface area (Å²) in [6.45, 7) is 2.60. The minimum absolute atomic E-state index is 0.408. The molecule has 5 heteroatoms. The summed E-state index contributed by atoms with van der Waals surface area (Å²) < 4.78 is 2.00. The van der Waals surface area contributed by atoms with Gasteiger partial charge in [0, 0.05) is 18.0 Å². The molecule has 0 N–H and O–H groups in total. The summed E-state index contributed by atoms with van der Waals surface area (Å²) >= 11 is 11.7. The van der Waals surface area contributed by atoms with Crippen LogP contribution in [0.4, 0.5) is 0 Å². The van der Waals surface area contributed by atoms with Crippen molar-refractivity contribution in [1.29, 1.82) is 0 Å². The first-order valence-electron chi connectivity index (χ1n) is 4.45. The number of rotatable bonds is 2. The second kappa shape index (κ2) is 4.21. The Hall–Kier alpha value is -1.06. The Labute approximate surface area is 97.7 Å². The number of pyridine rings is 1. The molecular formula is C10H9Cl2N3. The molecule has 0 bridgehead atoms. The highest BCUT2D eigenvalue weighted by atomic mass is 35.5. The van der Waals surface area contributed by atoms with E-state index in [1.54, 1.807) is 12.3 Å². The molecule has 0 unspecified atom stereocenters. The molecule has 0 amide bonds. The van der Waals surface area contributed by atoms with Gasteiger partial charge in [-0.15, -0.1) is 0 Å². The molecule has 2 aromatic rings. The summed E-state index contributed by atoms with van der Waals surface area (Å²) in [5, 5.41) is 0.849. The Morgan fingerprint density at radius 2 is 2.13 bits per heavy atom. The number of hydrogen-bond acceptors (Lipinski definition) is 2. The van der Waals surface area contributed by atoms with Gasteiger partial charge in [-0.3, -0.25) is 0 Å². The van der Waals surface area contributed by atoms with Gasteiger partial charge in [0.05, 0.1) is 6.54 Å². The molecule has 0 aliphatic heterocycles. The van der Waals surface area contributed by atoms with Crippen LogP contribution in [0.1, 0.15) is 11.4 Å². The van der Waals surface area contributed by atoms with Gasteiger partial charge in [-0.05, 0) is 13.0 Å². The number of hydrogen-bond donors (Lipinski definition) is 0. The van der Waals surface area contributed by atoms with Gasteiger partial charge in [-0.1, -0.05) is 29.3 Å². The topological polar surface area (TPSA) is 30.7 Å². The maximum atomic E-state index is 5.97. The maximum Gasteiger partial charge on any atom is 0.135 e. The van der Waals surface area contributed by atoms with Crippen molar-refractivity contribution in [1.82, 2.24) is 14.5 Å². The molecule has 0 saturated heterocycles. The van der Waals surface area contributed by atoms with Crippen LogP contribution in [0.25, 0.3) is 0 Å². The van der Waals surface area contributed by atoms with Crippen LogP contribution in [-0.2, 0) is 6.54 Å². The largest absolute Gasteiger partial charge is 0.331 e. The summed E-state index contributed by atoms with van der Waals surface area (Å²) in [5.41, 5.74) is 0.933. The third-order valence-electron chi connectivity index (χ3n) is 2.16. The Morgan fingerprint density at radius 1 is 1.33 bits per heavy atom. The Morgan fingerprint density at radius 3 is 2.73 bits per heavy atom. The summed E-state index contributed by atoms with van der Waals surface area (Å²) in [6, 6.07) is 3.60. The number of imidazole rings is 1. The zero-order valence-corrected chi connectivity index (χ0v) is 9.63. The standard InChI is InChI=1S/C10H9Cl2N3/c1-7-13-4-5-15(7)6-8-2-3-9(11)14-10(8)12/h2-5H,6H2,1H3. The van der Waals surface area contributed by atoms with E-state index in [2.05, 4.69) is 9.97 Å². The number of halogens is 2. The van der Waals surface area contributed by atoms with Crippen molar-refractivity contribution >= 4 is 23.2 Å². The van der Waals surface area contributed by atoms with Crippen molar-refractivity contribution in [2.45, 2.75) is 13.5 Å². The summed E-state index contributed by atoms with van der Waals surface area (Å²) in [6.07, 6.45) is 3.66. The van der Waals surface area contributed by atoms with E-state index in [9.17, 15) is 0 Å². The monoisotopic (exact) mass is 241 g/mol. The molecule has 15 heavy (non-hydrogen) atoms.